The third-order valence-electron chi connectivity index (χ3n) is 2.80. The minimum absolute atomic E-state index is 0.260. The van der Waals surface area contributed by atoms with Crippen molar-refractivity contribution in [1.82, 2.24) is 4.98 Å². The lowest BCUT2D eigenvalue weighted by Gasteiger charge is -2.39. The van der Waals surface area contributed by atoms with Crippen LogP contribution in [0.1, 0.15) is 24.2 Å². The van der Waals surface area contributed by atoms with Gasteiger partial charge in [-0.25, -0.2) is 4.79 Å². The molecule has 17 heavy (non-hydrogen) atoms. The van der Waals surface area contributed by atoms with Gasteiger partial charge in [0.05, 0.1) is 29.7 Å². The number of carbonyl (C=O) groups is 1. The first-order valence-corrected chi connectivity index (χ1v) is 5.56. The van der Waals surface area contributed by atoms with Gasteiger partial charge in [0.2, 0.25) is 0 Å². The Morgan fingerprint density at radius 3 is 3.00 bits per heavy atom. The van der Waals surface area contributed by atoms with Gasteiger partial charge in [-0.15, -0.1) is 0 Å². The van der Waals surface area contributed by atoms with E-state index in [2.05, 4.69) is 4.98 Å². The molecule has 1 fully saturated rings. The molecule has 5 nitrogen and oxygen atoms in total. The number of carboxylic acid groups (broad SMARTS) is 1. The first-order chi connectivity index (χ1) is 7.99. The molecule has 0 aliphatic carbocycles. The molecule has 5 heteroatoms. The molecule has 1 aliphatic heterocycles. The first kappa shape index (κ1) is 11.9. The van der Waals surface area contributed by atoms with Crippen LogP contribution in [0.5, 0.6) is 0 Å². The summed E-state index contributed by atoms with van der Waals surface area (Å²) in [6.45, 7) is 5.95. The molecule has 0 saturated carbocycles. The third kappa shape index (κ3) is 2.55. The van der Waals surface area contributed by atoms with E-state index in [1.165, 1.54) is 12.3 Å². The molecule has 0 bridgehead atoms. The molecular formula is C12H16N2O3. The highest BCUT2D eigenvalue weighted by Crippen LogP contribution is 2.25. The van der Waals surface area contributed by atoms with Crippen molar-refractivity contribution in [2.45, 2.75) is 19.4 Å². The van der Waals surface area contributed by atoms with Crippen LogP contribution in [-0.4, -0.2) is 41.4 Å². The Morgan fingerprint density at radius 2 is 2.35 bits per heavy atom. The van der Waals surface area contributed by atoms with Crippen LogP contribution in [0.4, 0.5) is 5.69 Å². The fourth-order valence-corrected chi connectivity index (χ4v) is 2.04. The number of rotatable bonds is 2. The molecule has 92 valence electrons. The minimum Gasteiger partial charge on any atom is -0.478 e. The van der Waals surface area contributed by atoms with Crippen LogP contribution >= 0.6 is 0 Å². The van der Waals surface area contributed by atoms with Gasteiger partial charge in [-0.2, -0.15) is 0 Å². The van der Waals surface area contributed by atoms with Crippen molar-refractivity contribution >= 4 is 11.7 Å². The van der Waals surface area contributed by atoms with Gasteiger partial charge >= 0.3 is 5.97 Å². The number of anilines is 1. The van der Waals surface area contributed by atoms with Crippen molar-refractivity contribution in [2.75, 3.05) is 24.6 Å². The average Bonchev–Trinajstić information content (AvgIpc) is 2.27. The lowest BCUT2D eigenvalue weighted by Crippen LogP contribution is -2.48. The van der Waals surface area contributed by atoms with Crippen LogP contribution in [0.15, 0.2) is 18.5 Å². The largest absolute Gasteiger partial charge is 0.478 e. The molecular weight excluding hydrogens is 220 g/mol. The summed E-state index contributed by atoms with van der Waals surface area (Å²) in [7, 11) is 0. The van der Waals surface area contributed by atoms with Crippen LogP contribution in [0, 0.1) is 0 Å². The van der Waals surface area contributed by atoms with E-state index in [0.717, 1.165) is 0 Å². The zero-order valence-electron chi connectivity index (χ0n) is 10.0. The summed E-state index contributed by atoms with van der Waals surface area (Å²) < 4.78 is 5.61. The average molecular weight is 236 g/mol. The standard InChI is InChI=1S/C12H16N2O3/c1-12(2)8-14(5-6-17-12)10-7-13-4-3-9(10)11(15)16/h3-4,7H,5-6,8H2,1-2H3,(H,15,16). The SMILES string of the molecule is CC1(C)CN(c2cnccc2C(=O)O)CCO1. The van der Waals surface area contributed by atoms with E-state index in [9.17, 15) is 4.79 Å². The van der Waals surface area contributed by atoms with Crippen LogP contribution < -0.4 is 4.90 Å². The van der Waals surface area contributed by atoms with Crippen LogP contribution in [0.3, 0.4) is 0 Å². The summed E-state index contributed by atoms with van der Waals surface area (Å²) in [4.78, 5) is 17.2. The van der Waals surface area contributed by atoms with E-state index >= 15 is 0 Å². The third-order valence-corrected chi connectivity index (χ3v) is 2.80. The fourth-order valence-electron chi connectivity index (χ4n) is 2.04. The van der Waals surface area contributed by atoms with Crippen LogP contribution in [-0.2, 0) is 4.74 Å². The van der Waals surface area contributed by atoms with Crippen molar-refractivity contribution < 1.29 is 14.6 Å². The molecule has 0 spiro atoms. The van der Waals surface area contributed by atoms with Crippen molar-refractivity contribution in [3.8, 4) is 0 Å². The molecule has 2 heterocycles. The normalized spacial score (nSPS) is 19.1. The maximum Gasteiger partial charge on any atom is 0.337 e. The predicted octanol–water partition coefficient (Wildman–Crippen LogP) is 1.40. The van der Waals surface area contributed by atoms with Gasteiger partial charge < -0.3 is 14.7 Å². The number of carboxylic acids is 1. The molecule has 0 radical (unpaired) electrons. The predicted molar refractivity (Wildman–Crippen MR) is 63.4 cm³/mol. The van der Waals surface area contributed by atoms with Gasteiger partial charge in [-0.1, -0.05) is 0 Å². The zero-order valence-corrected chi connectivity index (χ0v) is 10.0. The van der Waals surface area contributed by atoms with Crippen molar-refractivity contribution in [3.05, 3.63) is 24.0 Å². The highest BCUT2D eigenvalue weighted by atomic mass is 16.5. The monoisotopic (exact) mass is 236 g/mol. The van der Waals surface area contributed by atoms with E-state index < -0.39 is 5.97 Å². The number of ether oxygens (including phenoxy) is 1. The van der Waals surface area contributed by atoms with Crippen LogP contribution in [0.25, 0.3) is 0 Å². The van der Waals surface area contributed by atoms with Gasteiger partial charge in [-0.3, -0.25) is 4.98 Å². The van der Waals surface area contributed by atoms with Crippen molar-refractivity contribution in [3.63, 3.8) is 0 Å². The Balaban J connectivity index is 2.30. The fraction of sp³-hybridized carbons (Fsp3) is 0.500. The lowest BCUT2D eigenvalue weighted by molar-refractivity contribution is -0.0277. The Bertz CT molecular complexity index is 432. The number of hydrogen-bond donors (Lipinski definition) is 1. The Morgan fingerprint density at radius 1 is 1.59 bits per heavy atom. The molecule has 1 aromatic rings. The number of hydrogen-bond acceptors (Lipinski definition) is 4. The summed E-state index contributed by atoms with van der Waals surface area (Å²) in [5.41, 5.74) is 0.693. The van der Waals surface area contributed by atoms with E-state index in [0.29, 0.717) is 25.4 Å². The first-order valence-electron chi connectivity index (χ1n) is 5.56. The molecule has 1 saturated heterocycles. The number of aromatic carboxylic acids is 1. The Hall–Kier alpha value is -1.62. The second kappa shape index (κ2) is 4.33. The van der Waals surface area contributed by atoms with Gasteiger partial charge in [0.15, 0.2) is 0 Å². The van der Waals surface area contributed by atoms with Gasteiger partial charge in [0, 0.05) is 19.3 Å². The molecule has 0 unspecified atom stereocenters. The van der Waals surface area contributed by atoms with Gasteiger partial charge in [-0.05, 0) is 19.9 Å². The molecule has 1 aromatic heterocycles. The number of pyridine rings is 1. The summed E-state index contributed by atoms with van der Waals surface area (Å²) in [5, 5.41) is 9.14. The quantitative estimate of drug-likeness (QED) is 0.840. The van der Waals surface area contributed by atoms with Gasteiger partial charge in [0.25, 0.3) is 0 Å². The maximum absolute atomic E-state index is 11.1. The summed E-state index contributed by atoms with van der Waals surface area (Å²) in [6, 6.07) is 1.53. The smallest absolute Gasteiger partial charge is 0.337 e. The van der Waals surface area contributed by atoms with Crippen molar-refractivity contribution in [2.24, 2.45) is 0 Å². The highest BCUT2D eigenvalue weighted by molar-refractivity contribution is 5.94. The Kier molecular flexibility index (Phi) is 3.02. The molecule has 0 amide bonds. The van der Waals surface area contributed by atoms with Crippen molar-refractivity contribution in [1.29, 1.82) is 0 Å². The molecule has 0 aromatic carbocycles. The summed E-state index contributed by atoms with van der Waals surface area (Å²) >= 11 is 0. The van der Waals surface area contributed by atoms with E-state index in [1.54, 1.807) is 6.20 Å². The van der Waals surface area contributed by atoms with E-state index in [4.69, 9.17) is 9.84 Å². The Labute approximate surface area is 100 Å². The topological polar surface area (TPSA) is 62.7 Å². The second-order valence-corrected chi connectivity index (χ2v) is 4.73. The molecule has 1 N–H and O–H groups in total. The number of morpholine rings is 1. The molecule has 2 rings (SSSR count). The van der Waals surface area contributed by atoms with Gasteiger partial charge in [0.1, 0.15) is 0 Å². The second-order valence-electron chi connectivity index (χ2n) is 4.73. The lowest BCUT2D eigenvalue weighted by atomic mass is 10.1. The molecule has 0 atom stereocenters. The van der Waals surface area contributed by atoms with Crippen LogP contribution in [0.2, 0.25) is 0 Å². The minimum atomic E-state index is -0.924. The summed E-state index contributed by atoms with van der Waals surface area (Å²) in [6.07, 6.45) is 3.10. The molecule has 1 aliphatic rings. The zero-order chi connectivity index (χ0) is 12.5. The maximum atomic E-state index is 11.1. The van der Waals surface area contributed by atoms with E-state index in [-0.39, 0.29) is 11.2 Å². The van der Waals surface area contributed by atoms with E-state index in [1.807, 2.05) is 18.7 Å². The number of nitrogens with zero attached hydrogens (tertiary/aromatic N) is 2. The number of aromatic nitrogens is 1. The summed E-state index contributed by atoms with van der Waals surface area (Å²) in [5.74, 6) is -0.924. The highest BCUT2D eigenvalue weighted by Gasteiger charge is 2.29.